The first-order valence-corrected chi connectivity index (χ1v) is 2.93. The number of rotatable bonds is 3. The summed E-state index contributed by atoms with van der Waals surface area (Å²) in [5, 5.41) is 19.8. The quantitative estimate of drug-likeness (QED) is 0.356. The SMILES string of the molecule is NC(=O)NC(=CNC(=O)O)C(=O)O. The molecule has 8 nitrogen and oxygen atoms in total. The molecule has 0 radical (unpaired) electrons. The molecule has 0 heterocycles. The highest BCUT2D eigenvalue weighted by Gasteiger charge is 2.08. The number of nitrogens with two attached hydrogens (primary N) is 1. The molecule has 0 aliphatic carbocycles. The standard InChI is InChI=1S/C5H7N3O5/c6-4(11)8-2(3(9)10)1-7-5(12)13/h1,7H,(H,9,10)(H,12,13)(H3,6,8,11). The van der Waals surface area contributed by atoms with Gasteiger partial charge in [-0.3, -0.25) is 5.32 Å². The molecular formula is C5H7N3O5. The van der Waals surface area contributed by atoms with Crippen molar-refractivity contribution in [2.75, 3.05) is 0 Å². The molecule has 6 N–H and O–H groups in total. The van der Waals surface area contributed by atoms with Gasteiger partial charge in [-0.15, -0.1) is 0 Å². The number of carboxylic acid groups (broad SMARTS) is 2. The van der Waals surface area contributed by atoms with Crippen molar-refractivity contribution in [1.82, 2.24) is 10.6 Å². The van der Waals surface area contributed by atoms with Gasteiger partial charge in [0.25, 0.3) is 0 Å². The lowest BCUT2D eigenvalue weighted by molar-refractivity contribution is -0.133. The Kier molecular flexibility index (Phi) is 3.80. The summed E-state index contributed by atoms with van der Waals surface area (Å²) >= 11 is 0. The fourth-order valence-electron chi connectivity index (χ4n) is 0.418. The van der Waals surface area contributed by atoms with E-state index in [9.17, 15) is 14.4 Å². The number of urea groups is 1. The number of amides is 3. The molecule has 0 saturated carbocycles. The lowest BCUT2D eigenvalue weighted by Gasteiger charge is -2.01. The van der Waals surface area contributed by atoms with Crippen molar-refractivity contribution < 1.29 is 24.6 Å². The van der Waals surface area contributed by atoms with Crippen LogP contribution in [0.5, 0.6) is 0 Å². The first kappa shape index (κ1) is 10.8. The van der Waals surface area contributed by atoms with Crippen LogP contribution in [0.4, 0.5) is 9.59 Å². The Morgan fingerprint density at radius 2 is 1.77 bits per heavy atom. The molecular weight excluding hydrogens is 182 g/mol. The highest BCUT2D eigenvalue weighted by molar-refractivity contribution is 5.91. The van der Waals surface area contributed by atoms with E-state index in [-0.39, 0.29) is 0 Å². The normalized spacial score (nSPS) is 10.3. The molecule has 13 heavy (non-hydrogen) atoms. The second kappa shape index (κ2) is 4.59. The maximum atomic E-state index is 10.3. The van der Waals surface area contributed by atoms with Gasteiger partial charge in [-0.1, -0.05) is 0 Å². The fourth-order valence-corrected chi connectivity index (χ4v) is 0.418. The Hall–Kier alpha value is -2.25. The van der Waals surface area contributed by atoms with Crippen molar-refractivity contribution >= 4 is 18.1 Å². The molecule has 0 atom stereocenters. The molecule has 3 amide bonds. The largest absolute Gasteiger partial charge is 0.477 e. The molecule has 0 aliphatic rings. The van der Waals surface area contributed by atoms with Crippen LogP contribution in [-0.4, -0.2) is 28.3 Å². The summed E-state index contributed by atoms with van der Waals surface area (Å²) in [7, 11) is 0. The lowest BCUT2D eigenvalue weighted by atomic mass is 10.5. The lowest BCUT2D eigenvalue weighted by Crippen LogP contribution is -2.33. The number of hydrogen-bond donors (Lipinski definition) is 5. The topological polar surface area (TPSA) is 142 Å². The molecule has 0 aromatic carbocycles. The third-order valence-corrected chi connectivity index (χ3v) is 0.828. The highest BCUT2D eigenvalue weighted by atomic mass is 16.4. The smallest absolute Gasteiger partial charge is 0.408 e. The van der Waals surface area contributed by atoms with Crippen LogP contribution in [0.15, 0.2) is 11.9 Å². The Morgan fingerprint density at radius 3 is 2.08 bits per heavy atom. The first-order valence-electron chi connectivity index (χ1n) is 2.93. The van der Waals surface area contributed by atoms with Crippen molar-refractivity contribution in [3.05, 3.63) is 11.9 Å². The fraction of sp³-hybridized carbons (Fsp3) is 0. The number of nitrogens with one attached hydrogen (secondary N) is 2. The van der Waals surface area contributed by atoms with Crippen molar-refractivity contribution in [2.24, 2.45) is 5.73 Å². The summed E-state index contributed by atoms with van der Waals surface area (Å²) < 4.78 is 0. The van der Waals surface area contributed by atoms with E-state index in [1.54, 1.807) is 10.6 Å². The first-order chi connectivity index (χ1) is 5.93. The molecule has 8 heteroatoms. The Bertz CT molecular complexity index is 271. The van der Waals surface area contributed by atoms with Crippen LogP contribution in [0.25, 0.3) is 0 Å². The van der Waals surface area contributed by atoms with E-state index in [4.69, 9.17) is 10.2 Å². The zero-order valence-electron chi connectivity index (χ0n) is 6.27. The minimum absolute atomic E-state index is 0.593. The van der Waals surface area contributed by atoms with Gasteiger partial charge in [-0.2, -0.15) is 0 Å². The van der Waals surface area contributed by atoms with E-state index in [0.29, 0.717) is 6.20 Å². The third-order valence-electron chi connectivity index (χ3n) is 0.828. The number of carbonyl (C=O) groups excluding carboxylic acids is 1. The number of hydrogen-bond acceptors (Lipinski definition) is 3. The molecule has 72 valence electrons. The van der Waals surface area contributed by atoms with Gasteiger partial charge < -0.3 is 21.3 Å². The zero-order valence-corrected chi connectivity index (χ0v) is 6.27. The van der Waals surface area contributed by atoms with Crippen LogP contribution < -0.4 is 16.4 Å². The van der Waals surface area contributed by atoms with E-state index >= 15 is 0 Å². The summed E-state index contributed by atoms with van der Waals surface area (Å²) in [5.74, 6) is -1.51. The minimum atomic E-state index is -1.51. The van der Waals surface area contributed by atoms with Gasteiger partial charge in [0.05, 0.1) is 0 Å². The minimum Gasteiger partial charge on any atom is -0.477 e. The molecule has 0 aliphatic heterocycles. The van der Waals surface area contributed by atoms with E-state index in [1.165, 1.54) is 0 Å². The predicted octanol–water partition coefficient (Wildman–Crippen LogP) is -1.15. The second-order valence-electron chi connectivity index (χ2n) is 1.80. The van der Waals surface area contributed by atoms with Crippen molar-refractivity contribution in [3.8, 4) is 0 Å². The average Bonchev–Trinajstić information content (AvgIpc) is 1.96. The summed E-state index contributed by atoms with van der Waals surface area (Å²) in [6.07, 6.45) is -0.861. The second-order valence-corrected chi connectivity index (χ2v) is 1.80. The monoisotopic (exact) mass is 189 g/mol. The van der Waals surface area contributed by atoms with Gasteiger partial charge in [-0.05, 0) is 0 Å². The summed E-state index contributed by atoms with van der Waals surface area (Å²) in [6, 6.07) is -1.10. The van der Waals surface area contributed by atoms with Crippen molar-refractivity contribution in [2.45, 2.75) is 0 Å². The molecule has 0 spiro atoms. The van der Waals surface area contributed by atoms with Crippen LogP contribution in [0.3, 0.4) is 0 Å². The van der Waals surface area contributed by atoms with Crippen LogP contribution in [0.1, 0.15) is 0 Å². The Morgan fingerprint density at radius 1 is 1.23 bits per heavy atom. The van der Waals surface area contributed by atoms with Crippen LogP contribution >= 0.6 is 0 Å². The van der Waals surface area contributed by atoms with Gasteiger partial charge >= 0.3 is 18.1 Å². The maximum absolute atomic E-state index is 10.3. The van der Waals surface area contributed by atoms with E-state index < -0.39 is 23.8 Å². The van der Waals surface area contributed by atoms with Crippen molar-refractivity contribution in [1.29, 1.82) is 0 Å². The van der Waals surface area contributed by atoms with E-state index in [0.717, 1.165) is 0 Å². The summed E-state index contributed by atoms with van der Waals surface area (Å²) in [5.41, 5.74) is 3.95. The summed E-state index contributed by atoms with van der Waals surface area (Å²) in [4.78, 5) is 30.4. The average molecular weight is 189 g/mol. The van der Waals surface area contributed by atoms with Gasteiger partial charge in [0, 0.05) is 6.20 Å². The Labute approximate surface area is 72.0 Å². The van der Waals surface area contributed by atoms with E-state index in [2.05, 4.69) is 5.73 Å². The van der Waals surface area contributed by atoms with Crippen molar-refractivity contribution in [3.63, 3.8) is 0 Å². The summed E-state index contributed by atoms with van der Waals surface area (Å²) in [6.45, 7) is 0. The Balaban J connectivity index is 4.41. The van der Waals surface area contributed by atoms with Crippen LogP contribution in [0.2, 0.25) is 0 Å². The van der Waals surface area contributed by atoms with Gasteiger partial charge in [0.15, 0.2) is 0 Å². The number of carboxylic acids is 1. The van der Waals surface area contributed by atoms with Gasteiger partial charge in [-0.25, -0.2) is 14.4 Å². The molecule has 0 unspecified atom stereocenters. The highest BCUT2D eigenvalue weighted by Crippen LogP contribution is 1.85. The molecule has 0 bridgehead atoms. The molecule has 0 rings (SSSR count). The number of primary amides is 1. The zero-order chi connectivity index (χ0) is 10.4. The number of aliphatic carboxylic acids is 1. The molecule has 0 fully saturated rings. The van der Waals surface area contributed by atoms with Crippen LogP contribution in [-0.2, 0) is 4.79 Å². The van der Waals surface area contributed by atoms with Crippen LogP contribution in [0, 0.1) is 0 Å². The van der Waals surface area contributed by atoms with Gasteiger partial charge in [0.1, 0.15) is 5.70 Å². The number of carbonyl (C=O) groups is 3. The van der Waals surface area contributed by atoms with E-state index in [1.807, 2.05) is 0 Å². The van der Waals surface area contributed by atoms with Gasteiger partial charge in [0.2, 0.25) is 0 Å². The molecule has 0 aromatic rings. The maximum Gasteiger partial charge on any atom is 0.408 e. The third kappa shape index (κ3) is 5.07. The predicted molar refractivity (Wildman–Crippen MR) is 39.6 cm³/mol. The molecule has 0 aromatic heterocycles. The molecule has 0 saturated heterocycles.